The Bertz CT molecular complexity index is 946. The maximum atomic E-state index is 13.1. The number of anilines is 1. The number of aryl methyl sites for hydroxylation is 1. The minimum atomic E-state index is -4.55. The van der Waals surface area contributed by atoms with Gasteiger partial charge in [0.05, 0.1) is 33.9 Å². The van der Waals surface area contributed by atoms with Gasteiger partial charge in [-0.2, -0.15) is 18.3 Å². The molecule has 0 unspecified atom stereocenters. The van der Waals surface area contributed by atoms with Crippen LogP contribution in [0, 0.1) is 13.8 Å². The Kier molecular flexibility index (Phi) is 4.54. The number of nitrogens with one attached hydrogen (secondary N) is 1. The van der Waals surface area contributed by atoms with Crippen molar-refractivity contribution in [2.45, 2.75) is 20.0 Å². The number of alkyl halides is 3. The Balaban J connectivity index is 1.97. The fraction of sp³-hybridized carbons (Fsp3) is 0.158. The van der Waals surface area contributed by atoms with Gasteiger partial charge in [0.25, 0.3) is 5.91 Å². The highest BCUT2D eigenvalue weighted by Crippen LogP contribution is 2.35. The molecule has 0 radical (unpaired) electrons. The molecular weight excluding hydrogens is 343 g/mol. The second kappa shape index (κ2) is 6.67. The molecule has 1 aromatic heterocycles. The molecule has 0 aliphatic rings. The van der Waals surface area contributed by atoms with Gasteiger partial charge in [0.15, 0.2) is 0 Å². The molecule has 2 aromatic carbocycles. The average molecular weight is 359 g/mol. The molecule has 0 spiro atoms. The number of para-hydroxylation sites is 2. The number of amides is 1. The smallest absolute Gasteiger partial charge is 0.321 e. The largest absolute Gasteiger partial charge is 0.418 e. The molecule has 0 saturated carbocycles. The highest BCUT2D eigenvalue weighted by atomic mass is 19.4. The summed E-state index contributed by atoms with van der Waals surface area (Å²) < 4.78 is 40.9. The zero-order valence-corrected chi connectivity index (χ0v) is 14.1. The van der Waals surface area contributed by atoms with Gasteiger partial charge in [0.1, 0.15) is 0 Å². The Morgan fingerprint density at radius 2 is 1.62 bits per heavy atom. The third kappa shape index (κ3) is 3.33. The number of halogens is 3. The van der Waals surface area contributed by atoms with Gasteiger partial charge in [-0.1, -0.05) is 30.3 Å². The van der Waals surface area contributed by atoms with Crippen molar-refractivity contribution in [2.24, 2.45) is 0 Å². The molecule has 0 saturated heterocycles. The number of benzene rings is 2. The van der Waals surface area contributed by atoms with Gasteiger partial charge < -0.3 is 5.32 Å². The second-order valence-electron chi connectivity index (χ2n) is 5.79. The monoisotopic (exact) mass is 359 g/mol. The van der Waals surface area contributed by atoms with E-state index in [-0.39, 0.29) is 11.3 Å². The average Bonchev–Trinajstić information content (AvgIpc) is 2.89. The van der Waals surface area contributed by atoms with E-state index in [1.165, 1.54) is 18.2 Å². The van der Waals surface area contributed by atoms with Crippen molar-refractivity contribution in [3.05, 3.63) is 77.1 Å². The lowest BCUT2D eigenvalue weighted by Gasteiger charge is -2.13. The zero-order chi connectivity index (χ0) is 18.9. The van der Waals surface area contributed by atoms with Gasteiger partial charge in [-0.15, -0.1) is 0 Å². The van der Waals surface area contributed by atoms with Crippen LogP contribution in [0.5, 0.6) is 0 Å². The first-order chi connectivity index (χ1) is 12.3. The Labute approximate surface area is 148 Å². The zero-order valence-electron chi connectivity index (χ0n) is 14.1. The summed E-state index contributed by atoms with van der Waals surface area (Å²) >= 11 is 0. The molecule has 7 heteroatoms. The number of carbonyl (C=O) groups is 1. The van der Waals surface area contributed by atoms with Crippen LogP contribution in [0.1, 0.15) is 27.3 Å². The highest BCUT2D eigenvalue weighted by Gasteiger charge is 2.34. The standard InChI is InChI=1S/C19H16F3N3O/c1-12-17(13(2)25(24-12)14-8-4-3-5-9-14)18(26)23-16-11-7-6-10-15(16)19(20,21)22/h3-11H,1-2H3,(H,23,26). The Hall–Kier alpha value is -3.09. The summed E-state index contributed by atoms with van der Waals surface area (Å²) in [6.45, 7) is 3.36. The fourth-order valence-electron chi connectivity index (χ4n) is 2.82. The summed E-state index contributed by atoms with van der Waals surface area (Å²) in [4.78, 5) is 12.6. The number of carbonyl (C=O) groups excluding carboxylic acids is 1. The van der Waals surface area contributed by atoms with Crippen LogP contribution >= 0.6 is 0 Å². The molecule has 1 heterocycles. The van der Waals surface area contributed by atoms with Crippen LogP contribution in [0.15, 0.2) is 54.6 Å². The van der Waals surface area contributed by atoms with Crippen LogP contribution in [0.4, 0.5) is 18.9 Å². The predicted octanol–water partition coefficient (Wildman–Crippen LogP) is 4.76. The van der Waals surface area contributed by atoms with Crippen molar-refractivity contribution < 1.29 is 18.0 Å². The van der Waals surface area contributed by atoms with E-state index in [0.29, 0.717) is 11.4 Å². The van der Waals surface area contributed by atoms with Gasteiger partial charge in [0, 0.05) is 0 Å². The van der Waals surface area contributed by atoms with Gasteiger partial charge in [0.2, 0.25) is 0 Å². The normalized spacial score (nSPS) is 11.4. The SMILES string of the molecule is Cc1nn(-c2ccccc2)c(C)c1C(=O)Nc1ccccc1C(F)(F)F. The summed E-state index contributed by atoms with van der Waals surface area (Å²) in [6.07, 6.45) is -4.55. The van der Waals surface area contributed by atoms with Crippen LogP contribution < -0.4 is 5.32 Å². The van der Waals surface area contributed by atoms with Crippen LogP contribution in [-0.2, 0) is 6.18 Å². The second-order valence-corrected chi connectivity index (χ2v) is 5.79. The number of rotatable bonds is 3. The molecule has 3 aromatic rings. The van der Waals surface area contributed by atoms with Gasteiger partial charge in [-0.3, -0.25) is 4.79 Å². The number of nitrogens with zero attached hydrogens (tertiary/aromatic N) is 2. The fourth-order valence-corrected chi connectivity index (χ4v) is 2.82. The molecule has 134 valence electrons. The van der Waals surface area contributed by atoms with E-state index in [1.807, 2.05) is 30.3 Å². The molecule has 26 heavy (non-hydrogen) atoms. The van der Waals surface area contributed by atoms with Crippen LogP contribution in [-0.4, -0.2) is 15.7 Å². The van der Waals surface area contributed by atoms with Crippen molar-refractivity contribution in [1.82, 2.24) is 9.78 Å². The number of aromatic nitrogens is 2. The summed E-state index contributed by atoms with van der Waals surface area (Å²) in [6, 6.07) is 14.1. The predicted molar refractivity (Wildman–Crippen MR) is 92.4 cm³/mol. The van der Waals surface area contributed by atoms with E-state index in [1.54, 1.807) is 18.5 Å². The molecule has 0 aliphatic heterocycles. The summed E-state index contributed by atoms with van der Waals surface area (Å²) in [5.74, 6) is -0.626. The lowest BCUT2D eigenvalue weighted by molar-refractivity contribution is -0.136. The summed E-state index contributed by atoms with van der Waals surface area (Å²) in [5.41, 5.74) is 0.841. The molecule has 0 bridgehead atoms. The number of hydrogen-bond donors (Lipinski definition) is 1. The third-order valence-electron chi connectivity index (χ3n) is 4.00. The topological polar surface area (TPSA) is 46.9 Å². The van der Waals surface area contributed by atoms with E-state index in [9.17, 15) is 18.0 Å². The van der Waals surface area contributed by atoms with E-state index in [0.717, 1.165) is 11.8 Å². The molecule has 3 rings (SSSR count). The van der Waals surface area contributed by atoms with Gasteiger partial charge >= 0.3 is 6.18 Å². The van der Waals surface area contributed by atoms with Gasteiger partial charge in [-0.25, -0.2) is 4.68 Å². The van der Waals surface area contributed by atoms with Crippen molar-refractivity contribution >= 4 is 11.6 Å². The molecular formula is C19H16F3N3O. The van der Waals surface area contributed by atoms with E-state index in [4.69, 9.17) is 0 Å². The molecule has 1 N–H and O–H groups in total. The van der Waals surface area contributed by atoms with E-state index in [2.05, 4.69) is 10.4 Å². The Morgan fingerprint density at radius 3 is 2.27 bits per heavy atom. The highest BCUT2D eigenvalue weighted by molar-refractivity contribution is 6.06. The van der Waals surface area contributed by atoms with Crippen LogP contribution in [0.2, 0.25) is 0 Å². The maximum absolute atomic E-state index is 13.1. The van der Waals surface area contributed by atoms with Gasteiger partial charge in [-0.05, 0) is 38.1 Å². The number of hydrogen-bond acceptors (Lipinski definition) is 2. The van der Waals surface area contributed by atoms with E-state index < -0.39 is 17.6 Å². The molecule has 0 atom stereocenters. The Morgan fingerprint density at radius 1 is 1.00 bits per heavy atom. The van der Waals surface area contributed by atoms with Crippen LogP contribution in [0.25, 0.3) is 5.69 Å². The lowest BCUT2D eigenvalue weighted by atomic mass is 10.1. The summed E-state index contributed by atoms with van der Waals surface area (Å²) in [5, 5.41) is 6.72. The minimum Gasteiger partial charge on any atom is -0.321 e. The summed E-state index contributed by atoms with van der Waals surface area (Å²) in [7, 11) is 0. The van der Waals surface area contributed by atoms with Crippen molar-refractivity contribution in [1.29, 1.82) is 0 Å². The molecule has 0 aliphatic carbocycles. The van der Waals surface area contributed by atoms with Crippen molar-refractivity contribution in [3.63, 3.8) is 0 Å². The van der Waals surface area contributed by atoms with Crippen molar-refractivity contribution in [2.75, 3.05) is 5.32 Å². The van der Waals surface area contributed by atoms with E-state index >= 15 is 0 Å². The van der Waals surface area contributed by atoms with Crippen molar-refractivity contribution in [3.8, 4) is 5.69 Å². The maximum Gasteiger partial charge on any atom is 0.418 e. The minimum absolute atomic E-state index is 0.255. The first kappa shape index (κ1) is 17.7. The quantitative estimate of drug-likeness (QED) is 0.733. The molecule has 4 nitrogen and oxygen atoms in total. The lowest BCUT2D eigenvalue weighted by Crippen LogP contribution is -2.18. The third-order valence-corrected chi connectivity index (χ3v) is 4.00. The molecule has 1 amide bonds. The first-order valence-corrected chi connectivity index (χ1v) is 7.88. The van der Waals surface area contributed by atoms with Crippen LogP contribution in [0.3, 0.4) is 0 Å². The molecule has 0 fully saturated rings. The first-order valence-electron chi connectivity index (χ1n) is 7.88.